The molecule has 1 aromatic rings. The van der Waals surface area contributed by atoms with Crippen molar-refractivity contribution in [3.63, 3.8) is 0 Å². The SMILES string of the molecule is CC(C)Sc1ccc(C(C)N)c(Br)c1. The molecule has 1 nitrogen and oxygen atoms in total. The van der Waals surface area contributed by atoms with Crippen LogP contribution in [0.4, 0.5) is 0 Å². The predicted octanol–water partition coefficient (Wildman–Crippen LogP) is 3.97. The van der Waals surface area contributed by atoms with Crippen LogP contribution in [0.2, 0.25) is 0 Å². The Morgan fingerprint density at radius 1 is 1.29 bits per heavy atom. The van der Waals surface area contributed by atoms with Crippen molar-refractivity contribution in [2.45, 2.75) is 37.0 Å². The van der Waals surface area contributed by atoms with Gasteiger partial charge < -0.3 is 5.73 Å². The van der Waals surface area contributed by atoms with Crippen molar-refractivity contribution in [2.24, 2.45) is 5.73 Å². The highest BCUT2D eigenvalue weighted by Crippen LogP contribution is 2.29. The Labute approximate surface area is 98.6 Å². The van der Waals surface area contributed by atoms with E-state index in [1.165, 1.54) is 4.90 Å². The highest BCUT2D eigenvalue weighted by Gasteiger charge is 2.06. The second kappa shape index (κ2) is 5.19. The Hall–Kier alpha value is 0.01000. The van der Waals surface area contributed by atoms with Gasteiger partial charge in [0.1, 0.15) is 0 Å². The third-order valence-electron chi connectivity index (χ3n) is 1.83. The molecule has 0 heterocycles. The monoisotopic (exact) mass is 273 g/mol. The molecule has 0 aliphatic carbocycles. The van der Waals surface area contributed by atoms with Crippen LogP contribution in [0, 0.1) is 0 Å². The Morgan fingerprint density at radius 2 is 1.93 bits per heavy atom. The first-order valence-corrected chi connectivity index (χ1v) is 6.39. The van der Waals surface area contributed by atoms with E-state index in [0.717, 1.165) is 10.0 Å². The lowest BCUT2D eigenvalue weighted by molar-refractivity contribution is 0.811. The summed E-state index contributed by atoms with van der Waals surface area (Å²) >= 11 is 5.41. The van der Waals surface area contributed by atoms with Crippen molar-refractivity contribution in [1.82, 2.24) is 0 Å². The van der Waals surface area contributed by atoms with E-state index in [1.54, 1.807) is 0 Å². The lowest BCUT2D eigenvalue weighted by Crippen LogP contribution is -2.05. The lowest BCUT2D eigenvalue weighted by Gasteiger charge is -2.11. The molecule has 0 aliphatic rings. The zero-order valence-corrected chi connectivity index (χ0v) is 11.2. The van der Waals surface area contributed by atoms with Gasteiger partial charge >= 0.3 is 0 Å². The molecule has 0 radical (unpaired) electrons. The van der Waals surface area contributed by atoms with Gasteiger partial charge in [-0.1, -0.05) is 35.8 Å². The molecule has 1 rings (SSSR count). The van der Waals surface area contributed by atoms with Crippen LogP contribution in [0.25, 0.3) is 0 Å². The largest absolute Gasteiger partial charge is 0.324 e. The van der Waals surface area contributed by atoms with Gasteiger partial charge in [0.25, 0.3) is 0 Å². The minimum atomic E-state index is 0.0856. The van der Waals surface area contributed by atoms with E-state index in [-0.39, 0.29) is 6.04 Å². The topological polar surface area (TPSA) is 26.0 Å². The molecule has 0 spiro atoms. The highest BCUT2D eigenvalue weighted by molar-refractivity contribution is 9.10. The van der Waals surface area contributed by atoms with Crippen LogP contribution in [0.3, 0.4) is 0 Å². The van der Waals surface area contributed by atoms with Crippen LogP contribution in [-0.2, 0) is 0 Å². The van der Waals surface area contributed by atoms with Crippen molar-refractivity contribution < 1.29 is 0 Å². The first-order valence-electron chi connectivity index (χ1n) is 4.72. The second-order valence-corrected chi connectivity index (χ2v) is 6.14. The van der Waals surface area contributed by atoms with Crippen LogP contribution in [-0.4, -0.2) is 5.25 Å². The van der Waals surface area contributed by atoms with Crippen molar-refractivity contribution in [3.05, 3.63) is 28.2 Å². The number of benzene rings is 1. The molecule has 0 saturated carbocycles. The maximum Gasteiger partial charge on any atom is 0.0277 e. The van der Waals surface area contributed by atoms with E-state index in [1.807, 2.05) is 18.7 Å². The third kappa shape index (κ3) is 3.30. The average Bonchev–Trinajstić information content (AvgIpc) is 2.01. The standard InChI is InChI=1S/C11H16BrNS/c1-7(2)14-9-4-5-10(8(3)13)11(12)6-9/h4-8H,13H2,1-3H3. The minimum Gasteiger partial charge on any atom is -0.324 e. The molecule has 0 fully saturated rings. The van der Waals surface area contributed by atoms with Gasteiger partial charge in [-0.05, 0) is 24.6 Å². The summed E-state index contributed by atoms with van der Waals surface area (Å²) in [7, 11) is 0. The van der Waals surface area contributed by atoms with Gasteiger partial charge in [0.2, 0.25) is 0 Å². The summed E-state index contributed by atoms with van der Waals surface area (Å²) < 4.78 is 1.11. The summed E-state index contributed by atoms with van der Waals surface area (Å²) in [5.41, 5.74) is 6.99. The van der Waals surface area contributed by atoms with E-state index in [9.17, 15) is 0 Å². The van der Waals surface area contributed by atoms with E-state index < -0.39 is 0 Å². The van der Waals surface area contributed by atoms with Crippen molar-refractivity contribution in [2.75, 3.05) is 0 Å². The summed E-state index contributed by atoms with van der Waals surface area (Å²) in [6, 6.07) is 6.46. The molecular weight excluding hydrogens is 258 g/mol. The summed E-state index contributed by atoms with van der Waals surface area (Å²) in [5, 5.41) is 0.614. The van der Waals surface area contributed by atoms with Crippen molar-refractivity contribution >= 4 is 27.7 Å². The lowest BCUT2D eigenvalue weighted by atomic mass is 10.1. The molecule has 0 bridgehead atoms. The van der Waals surface area contributed by atoms with Gasteiger partial charge in [0, 0.05) is 20.7 Å². The molecule has 0 saturated heterocycles. The van der Waals surface area contributed by atoms with Crippen LogP contribution in [0.15, 0.2) is 27.6 Å². The van der Waals surface area contributed by atoms with Gasteiger partial charge in [-0.25, -0.2) is 0 Å². The fourth-order valence-corrected chi connectivity index (χ4v) is 2.99. The number of hydrogen-bond acceptors (Lipinski definition) is 2. The van der Waals surface area contributed by atoms with Gasteiger partial charge in [0.15, 0.2) is 0 Å². The molecule has 0 amide bonds. The number of thioether (sulfide) groups is 1. The zero-order valence-electron chi connectivity index (χ0n) is 8.75. The number of halogens is 1. The van der Waals surface area contributed by atoms with Crippen LogP contribution in [0.5, 0.6) is 0 Å². The number of nitrogens with two attached hydrogens (primary N) is 1. The van der Waals surface area contributed by atoms with Crippen molar-refractivity contribution in [1.29, 1.82) is 0 Å². The fraction of sp³-hybridized carbons (Fsp3) is 0.455. The third-order valence-corrected chi connectivity index (χ3v) is 3.52. The van der Waals surface area contributed by atoms with Gasteiger partial charge in [-0.3, -0.25) is 0 Å². The zero-order chi connectivity index (χ0) is 10.7. The molecule has 78 valence electrons. The smallest absolute Gasteiger partial charge is 0.0277 e. The van der Waals surface area contributed by atoms with E-state index in [0.29, 0.717) is 5.25 Å². The molecule has 1 unspecified atom stereocenters. The number of rotatable bonds is 3. The molecule has 1 atom stereocenters. The van der Waals surface area contributed by atoms with E-state index in [2.05, 4.69) is 48.0 Å². The molecule has 0 aliphatic heterocycles. The van der Waals surface area contributed by atoms with Gasteiger partial charge in [-0.15, -0.1) is 11.8 Å². The second-order valence-electron chi connectivity index (χ2n) is 3.64. The Morgan fingerprint density at radius 3 is 2.36 bits per heavy atom. The minimum absolute atomic E-state index is 0.0856. The van der Waals surface area contributed by atoms with Gasteiger partial charge in [-0.2, -0.15) is 0 Å². The summed E-state index contributed by atoms with van der Waals surface area (Å²) in [6.07, 6.45) is 0. The van der Waals surface area contributed by atoms with E-state index in [4.69, 9.17) is 5.73 Å². The van der Waals surface area contributed by atoms with Crippen LogP contribution < -0.4 is 5.73 Å². The van der Waals surface area contributed by atoms with Crippen molar-refractivity contribution in [3.8, 4) is 0 Å². The Bertz CT molecular complexity index is 310. The van der Waals surface area contributed by atoms with Crippen LogP contribution >= 0.6 is 27.7 Å². The summed E-state index contributed by atoms with van der Waals surface area (Å²) in [4.78, 5) is 1.29. The predicted molar refractivity (Wildman–Crippen MR) is 67.7 cm³/mol. The number of hydrogen-bond donors (Lipinski definition) is 1. The molecule has 3 heteroatoms. The van der Waals surface area contributed by atoms with E-state index >= 15 is 0 Å². The average molecular weight is 274 g/mol. The first-order chi connectivity index (χ1) is 6.50. The molecule has 0 aromatic heterocycles. The Kier molecular flexibility index (Phi) is 4.48. The molecular formula is C11H16BrNS. The quantitative estimate of drug-likeness (QED) is 0.844. The maximum absolute atomic E-state index is 5.83. The highest BCUT2D eigenvalue weighted by atomic mass is 79.9. The normalized spacial score (nSPS) is 13.3. The fourth-order valence-electron chi connectivity index (χ4n) is 1.22. The van der Waals surface area contributed by atoms with Gasteiger partial charge in [0.05, 0.1) is 0 Å². The summed E-state index contributed by atoms with van der Waals surface area (Å²) in [5.74, 6) is 0. The summed E-state index contributed by atoms with van der Waals surface area (Å²) in [6.45, 7) is 6.38. The maximum atomic E-state index is 5.83. The van der Waals surface area contributed by atoms with Crippen LogP contribution in [0.1, 0.15) is 32.4 Å². The molecule has 1 aromatic carbocycles. The molecule has 2 N–H and O–H groups in total. The Balaban J connectivity index is 2.89. The first kappa shape index (κ1) is 12.1. The molecule has 14 heavy (non-hydrogen) atoms.